The first-order chi connectivity index (χ1) is 6.15. The topological polar surface area (TPSA) is 40.5 Å². The number of rotatable bonds is 3. The van der Waals surface area contributed by atoms with Crippen LogP contribution in [0.25, 0.3) is 0 Å². The second-order valence-corrected chi connectivity index (χ2v) is 3.62. The van der Waals surface area contributed by atoms with Gasteiger partial charge in [0.1, 0.15) is 0 Å². The van der Waals surface area contributed by atoms with Crippen molar-refractivity contribution in [3.63, 3.8) is 0 Å². The summed E-state index contributed by atoms with van der Waals surface area (Å²) in [5.41, 5.74) is 0.604. The van der Waals surface area contributed by atoms with Crippen molar-refractivity contribution in [3.8, 4) is 0 Å². The average molecular weight is 183 g/mol. The molecule has 1 rings (SSSR count). The number of carboxylic acid groups (broad SMARTS) is 1. The molecule has 0 aromatic heterocycles. The molecule has 0 aromatic rings. The predicted octanol–water partition coefficient (Wildman–Crippen LogP) is 1.36. The fourth-order valence-corrected chi connectivity index (χ4v) is 1.84. The molecule has 0 spiro atoms. The molecule has 1 saturated heterocycles. The number of aliphatic carboxylic acids is 1. The fourth-order valence-electron chi connectivity index (χ4n) is 1.84. The Morgan fingerprint density at radius 3 is 2.77 bits per heavy atom. The zero-order chi connectivity index (χ0) is 9.84. The SMILES string of the molecule is CC/C=C(/C(=O)O)C1CCN(C)C1. The zero-order valence-electron chi connectivity index (χ0n) is 8.29. The van der Waals surface area contributed by atoms with Gasteiger partial charge in [0, 0.05) is 18.0 Å². The van der Waals surface area contributed by atoms with Crippen molar-refractivity contribution in [2.45, 2.75) is 19.8 Å². The number of nitrogens with zero attached hydrogens (tertiary/aromatic N) is 1. The van der Waals surface area contributed by atoms with Crippen molar-refractivity contribution in [3.05, 3.63) is 11.6 Å². The highest BCUT2D eigenvalue weighted by atomic mass is 16.4. The summed E-state index contributed by atoms with van der Waals surface area (Å²) in [6.45, 7) is 3.87. The van der Waals surface area contributed by atoms with Crippen molar-refractivity contribution in [1.82, 2.24) is 4.90 Å². The molecule has 3 nitrogen and oxygen atoms in total. The average Bonchev–Trinajstić information content (AvgIpc) is 2.46. The van der Waals surface area contributed by atoms with Crippen LogP contribution in [0.5, 0.6) is 0 Å². The van der Waals surface area contributed by atoms with Crippen molar-refractivity contribution in [2.75, 3.05) is 20.1 Å². The molecule has 1 aliphatic heterocycles. The van der Waals surface area contributed by atoms with Crippen LogP contribution >= 0.6 is 0 Å². The summed E-state index contributed by atoms with van der Waals surface area (Å²) in [5.74, 6) is -0.510. The summed E-state index contributed by atoms with van der Waals surface area (Å²) in [4.78, 5) is 13.1. The number of carbonyl (C=O) groups is 1. The van der Waals surface area contributed by atoms with Gasteiger partial charge in [-0.3, -0.25) is 0 Å². The van der Waals surface area contributed by atoms with E-state index in [9.17, 15) is 4.79 Å². The van der Waals surface area contributed by atoms with E-state index in [1.165, 1.54) is 0 Å². The lowest BCUT2D eigenvalue weighted by Crippen LogP contribution is -2.18. The van der Waals surface area contributed by atoms with Gasteiger partial charge in [0.25, 0.3) is 0 Å². The Labute approximate surface area is 79.0 Å². The van der Waals surface area contributed by atoms with Gasteiger partial charge in [-0.2, -0.15) is 0 Å². The third kappa shape index (κ3) is 2.56. The molecule has 13 heavy (non-hydrogen) atoms. The van der Waals surface area contributed by atoms with Gasteiger partial charge in [0.05, 0.1) is 0 Å². The lowest BCUT2D eigenvalue weighted by atomic mass is 9.97. The third-order valence-electron chi connectivity index (χ3n) is 2.50. The van der Waals surface area contributed by atoms with E-state index >= 15 is 0 Å². The van der Waals surface area contributed by atoms with Crippen molar-refractivity contribution in [1.29, 1.82) is 0 Å². The lowest BCUT2D eigenvalue weighted by molar-refractivity contribution is -0.133. The molecular weight excluding hydrogens is 166 g/mol. The molecule has 0 bridgehead atoms. The van der Waals surface area contributed by atoms with Gasteiger partial charge in [-0.15, -0.1) is 0 Å². The van der Waals surface area contributed by atoms with Crippen LogP contribution in [0, 0.1) is 5.92 Å². The van der Waals surface area contributed by atoms with Crippen LogP contribution in [0.15, 0.2) is 11.6 Å². The Morgan fingerprint density at radius 1 is 1.69 bits per heavy atom. The zero-order valence-corrected chi connectivity index (χ0v) is 8.29. The van der Waals surface area contributed by atoms with E-state index in [0.717, 1.165) is 25.9 Å². The second-order valence-electron chi connectivity index (χ2n) is 3.62. The molecule has 1 N–H and O–H groups in total. The largest absolute Gasteiger partial charge is 0.478 e. The smallest absolute Gasteiger partial charge is 0.331 e. The number of allylic oxidation sites excluding steroid dienone is 1. The van der Waals surface area contributed by atoms with Gasteiger partial charge in [0.15, 0.2) is 0 Å². The monoisotopic (exact) mass is 183 g/mol. The van der Waals surface area contributed by atoms with Crippen LogP contribution in [-0.4, -0.2) is 36.1 Å². The molecule has 1 heterocycles. The highest BCUT2D eigenvalue weighted by Crippen LogP contribution is 2.23. The summed E-state index contributed by atoms with van der Waals surface area (Å²) in [6, 6.07) is 0. The molecule has 0 saturated carbocycles. The molecule has 0 aliphatic carbocycles. The fraction of sp³-hybridized carbons (Fsp3) is 0.700. The molecule has 1 unspecified atom stereocenters. The van der Waals surface area contributed by atoms with E-state index in [4.69, 9.17) is 5.11 Å². The van der Waals surface area contributed by atoms with E-state index in [1.54, 1.807) is 0 Å². The standard InChI is InChI=1S/C10H17NO2/c1-3-4-9(10(12)13)8-5-6-11(2)7-8/h4,8H,3,5-7H2,1-2H3,(H,12,13)/b9-4+. The van der Waals surface area contributed by atoms with Crippen LogP contribution in [0.3, 0.4) is 0 Å². The van der Waals surface area contributed by atoms with Crippen molar-refractivity contribution < 1.29 is 9.90 Å². The normalized spacial score (nSPS) is 25.1. The third-order valence-corrected chi connectivity index (χ3v) is 2.50. The highest BCUT2D eigenvalue weighted by Gasteiger charge is 2.26. The number of likely N-dealkylation sites (tertiary alicyclic amines) is 1. The first-order valence-corrected chi connectivity index (χ1v) is 4.77. The molecule has 0 aromatic carbocycles. The Kier molecular flexibility index (Phi) is 3.48. The first-order valence-electron chi connectivity index (χ1n) is 4.77. The van der Waals surface area contributed by atoms with Crippen molar-refractivity contribution >= 4 is 5.97 Å². The van der Waals surface area contributed by atoms with E-state index in [0.29, 0.717) is 5.57 Å². The van der Waals surface area contributed by atoms with Crippen LogP contribution in [0.4, 0.5) is 0 Å². The molecule has 74 valence electrons. The highest BCUT2D eigenvalue weighted by molar-refractivity contribution is 5.87. The van der Waals surface area contributed by atoms with Crippen LogP contribution in [0.2, 0.25) is 0 Å². The Morgan fingerprint density at radius 2 is 2.38 bits per heavy atom. The van der Waals surface area contributed by atoms with E-state index in [1.807, 2.05) is 20.0 Å². The number of hydrogen-bond donors (Lipinski definition) is 1. The maximum atomic E-state index is 10.9. The van der Waals surface area contributed by atoms with Gasteiger partial charge in [-0.25, -0.2) is 4.79 Å². The van der Waals surface area contributed by atoms with E-state index < -0.39 is 5.97 Å². The minimum absolute atomic E-state index is 0.238. The molecule has 1 aliphatic rings. The number of carboxylic acids is 1. The van der Waals surface area contributed by atoms with Crippen LogP contribution in [-0.2, 0) is 4.79 Å². The first kappa shape index (κ1) is 10.3. The number of hydrogen-bond acceptors (Lipinski definition) is 2. The van der Waals surface area contributed by atoms with Gasteiger partial charge >= 0.3 is 5.97 Å². The molecule has 1 atom stereocenters. The summed E-state index contributed by atoms with van der Waals surface area (Å²) in [6.07, 6.45) is 3.63. The minimum Gasteiger partial charge on any atom is -0.478 e. The maximum Gasteiger partial charge on any atom is 0.331 e. The molecule has 3 heteroatoms. The Hall–Kier alpha value is -0.830. The Balaban J connectivity index is 2.66. The Bertz CT molecular complexity index is 223. The predicted molar refractivity (Wildman–Crippen MR) is 51.6 cm³/mol. The van der Waals surface area contributed by atoms with Gasteiger partial charge in [-0.05, 0) is 26.4 Å². The summed E-state index contributed by atoms with van der Waals surface area (Å²) >= 11 is 0. The summed E-state index contributed by atoms with van der Waals surface area (Å²) in [7, 11) is 2.03. The summed E-state index contributed by atoms with van der Waals surface area (Å²) < 4.78 is 0. The van der Waals surface area contributed by atoms with Gasteiger partial charge < -0.3 is 10.0 Å². The van der Waals surface area contributed by atoms with E-state index in [2.05, 4.69) is 4.90 Å². The summed E-state index contributed by atoms with van der Waals surface area (Å²) in [5, 5.41) is 8.96. The van der Waals surface area contributed by atoms with Gasteiger partial charge in [-0.1, -0.05) is 13.0 Å². The van der Waals surface area contributed by atoms with Crippen LogP contribution in [0.1, 0.15) is 19.8 Å². The molecule has 0 amide bonds. The van der Waals surface area contributed by atoms with Crippen LogP contribution < -0.4 is 0 Å². The molecular formula is C10H17NO2. The minimum atomic E-state index is -0.748. The molecule has 0 radical (unpaired) electrons. The van der Waals surface area contributed by atoms with Crippen molar-refractivity contribution in [2.24, 2.45) is 5.92 Å². The lowest BCUT2D eigenvalue weighted by Gasteiger charge is -2.10. The quantitative estimate of drug-likeness (QED) is 0.672. The van der Waals surface area contributed by atoms with E-state index in [-0.39, 0.29) is 5.92 Å². The van der Waals surface area contributed by atoms with Gasteiger partial charge in [0.2, 0.25) is 0 Å². The second kappa shape index (κ2) is 4.42. The maximum absolute atomic E-state index is 10.9. The molecule has 1 fully saturated rings.